The molecule has 0 radical (unpaired) electrons. The molecule has 0 saturated carbocycles. The van der Waals surface area contributed by atoms with E-state index < -0.39 is 0 Å². The fourth-order valence-corrected chi connectivity index (χ4v) is 1.52. The van der Waals surface area contributed by atoms with E-state index in [-0.39, 0.29) is 11.9 Å². The number of hydrogen-bond donors (Lipinski definition) is 3. The van der Waals surface area contributed by atoms with Crippen LogP contribution >= 0.6 is 0 Å². The third-order valence-corrected chi connectivity index (χ3v) is 2.23. The lowest BCUT2D eigenvalue weighted by atomic mass is 10.2. The molecule has 1 rings (SSSR count). The Bertz CT molecular complexity index is 203. The van der Waals surface area contributed by atoms with E-state index in [9.17, 15) is 4.79 Å². The van der Waals surface area contributed by atoms with Crippen LogP contribution < -0.4 is 16.0 Å². The topological polar surface area (TPSA) is 53.2 Å². The zero-order chi connectivity index (χ0) is 9.68. The first-order valence-corrected chi connectivity index (χ1v) is 4.59. The van der Waals surface area contributed by atoms with E-state index in [1.165, 1.54) is 0 Å². The lowest BCUT2D eigenvalue weighted by Gasteiger charge is -2.18. The van der Waals surface area contributed by atoms with E-state index in [0.717, 1.165) is 13.1 Å². The van der Waals surface area contributed by atoms with Crippen molar-refractivity contribution < 1.29 is 4.79 Å². The maximum absolute atomic E-state index is 11.2. The standard InChI is InChI=1S/C9H17N3O/c1-3-4-9(13)12-8-6-11-5-7(8)10-2/h3-4,7-8,10-11H,5-6H2,1-2H3,(H,12,13)/b4-3+/t7-,8-/m1/s1. The molecule has 4 heteroatoms. The molecule has 0 bridgehead atoms. The van der Waals surface area contributed by atoms with Crippen LogP contribution in [0.2, 0.25) is 0 Å². The molecule has 0 aliphatic carbocycles. The molecule has 0 aromatic carbocycles. The van der Waals surface area contributed by atoms with Gasteiger partial charge in [0.25, 0.3) is 0 Å². The van der Waals surface area contributed by atoms with Crippen molar-refractivity contribution in [1.29, 1.82) is 0 Å². The minimum absolute atomic E-state index is 0.0172. The van der Waals surface area contributed by atoms with Crippen LogP contribution in [0.4, 0.5) is 0 Å². The average Bonchev–Trinajstić information content (AvgIpc) is 2.52. The molecule has 3 N–H and O–H groups in total. The Morgan fingerprint density at radius 2 is 2.15 bits per heavy atom. The highest BCUT2D eigenvalue weighted by Crippen LogP contribution is 1.98. The molecular formula is C9H17N3O. The van der Waals surface area contributed by atoms with Gasteiger partial charge < -0.3 is 16.0 Å². The fourth-order valence-electron chi connectivity index (χ4n) is 1.52. The summed E-state index contributed by atoms with van der Waals surface area (Å²) in [4.78, 5) is 11.2. The summed E-state index contributed by atoms with van der Waals surface area (Å²) in [6.07, 6.45) is 3.29. The quantitative estimate of drug-likeness (QED) is 0.504. The van der Waals surface area contributed by atoms with Gasteiger partial charge in [-0.2, -0.15) is 0 Å². The third-order valence-electron chi connectivity index (χ3n) is 2.23. The molecule has 0 aromatic heterocycles. The van der Waals surface area contributed by atoms with Crippen molar-refractivity contribution >= 4 is 5.91 Å². The number of amides is 1. The number of likely N-dealkylation sites (N-methyl/N-ethyl adjacent to an activating group) is 1. The highest BCUT2D eigenvalue weighted by Gasteiger charge is 2.25. The summed E-state index contributed by atoms with van der Waals surface area (Å²) in [6, 6.07) is 0.544. The number of carbonyl (C=O) groups excluding carboxylic acids is 1. The largest absolute Gasteiger partial charge is 0.347 e. The van der Waals surface area contributed by atoms with Gasteiger partial charge >= 0.3 is 0 Å². The summed E-state index contributed by atoms with van der Waals surface area (Å²) in [5.74, 6) is -0.0172. The normalized spacial score (nSPS) is 28.2. The van der Waals surface area contributed by atoms with E-state index in [0.29, 0.717) is 6.04 Å². The van der Waals surface area contributed by atoms with Crippen LogP contribution in [0.3, 0.4) is 0 Å². The average molecular weight is 183 g/mol. The highest BCUT2D eigenvalue weighted by atomic mass is 16.1. The van der Waals surface area contributed by atoms with Crippen LogP contribution in [0.15, 0.2) is 12.2 Å². The van der Waals surface area contributed by atoms with Crippen LogP contribution in [0.25, 0.3) is 0 Å². The predicted molar refractivity (Wildman–Crippen MR) is 52.5 cm³/mol. The van der Waals surface area contributed by atoms with Gasteiger partial charge in [-0.05, 0) is 20.0 Å². The number of nitrogens with one attached hydrogen (secondary N) is 3. The second-order valence-corrected chi connectivity index (χ2v) is 3.17. The Labute approximate surface area is 78.8 Å². The van der Waals surface area contributed by atoms with E-state index in [2.05, 4.69) is 16.0 Å². The lowest BCUT2D eigenvalue weighted by molar-refractivity contribution is -0.117. The number of hydrogen-bond acceptors (Lipinski definition) is 3. The Hall–Kier alpha value is -0.870. The lowest BCUT2D eigenvalue weighted by Crippen LogP contribution is -2.47. The zero-order valence-corrected chi connectivity index (χ0v) is 8.13. The van der Waals surface area contributed by atoms with Crippen molar-refractivity contribution in [1.82, 2.24) is 16.0 Å². The summed E-state index contributed by atoms with van der Waals surface area (Å²) in [5, 5.41) is 9.31. The van der Waals surface area contributed by atoms with Gasteiger partial charge in [-0.25, -0.2) is 0 Å². The Morgan fingerprint density at radius 3 is 2.77 bits per heavy atom. The smallest absolute Gasteiger partial charge is 0.243 e. The van der Waals surface area contributed by atoms with Gasteiger partial charge in [0.05, 0.1) is 6.04 Å². The van der Waals surface area contributed by atoms with Crippen LogP contribution in [-0.2, 0) is 4.79 Å². The van der Waals surface area contributed by atoms with Crippen LogP contribution in [-0.4, -0.2) is 38.1 Å². The molecule has 1 fully saturated rings. The molecule has 1 aliphatic heterocycles. The molecular weight excluding hydrogens is 166 g/mol. The van der Waals surface area contributed by atoms with E-state index >= 15 is 0 Å². The third kappa shape index (κ3) is 2.82. The van der Waals surface area contributed by atoms with Crippen molar-refractivity contribution in [2.24, 2.45) is 0 Å². The summed E-state index contributed by atoms with van der Waals surface area (Å²) >= 11 is 0. The number of carbonyl (C=O) groups is 1. The van der Waals surface area contributed by atoms with Crippen molar-refractivity contribution in [2.75, 3.05) is 20.1 Å². The van der Waals surface area contributed by atoms with Crippen LogP contribution in [0.5, 0.6) is 0 Å². The second-order valence-electron chi connectivity index (χ2n) is 3.17. The molecule has 13 heavy (non-hydrogen) atoms. The van der Waals surface area contributed by atoms with Gasteiger partial charge in [-0.3, -0.25) is 4.79 Å². The Balaban J connectivity index is 2.39. The summed E-state index contributed by atoms with van der Waals surface area (Å²) in [7, 11) is 1.91. The molecule has 4 nitrogen and oxygen atoms in total. The zero-order valence-electron chi connectivity index (χ0n) is 8.13. The molecule has 0 spiro atoms. The highest BCUT2D eigenvalue weighted by molar-refractivity contribution is 5.87. The van der Waals surface area contributed by atoms with E-state index in [1.807, 2.05) is 14.0 Å². The van der Waals surface area contributed by atoms with Crippen LogP contribution in [0, 0.1) is 0 Å². The van der Waals surface area contributed by atoms with Gasteiger partial charge in [0.2, 0.25) is 5.91 Å². The van der Waals surface area contributed by atoms with Crippen molar-refractivity contribution in [3.63, 3.8) is 0 Å². The summed E-state index contributed by atoms with van der Waals surface area (Å²) < 4.78 is 0. The number of rotatable bonds is 3. The molecule has 1 saturated heterocycles. The molecule has 1 amide bonds. The monoisotopic (exact) mass is 183 g/mol. The predicted octanol–water partition coefficient (Wildman–Crippen LogP) is -0.761. The fraction of sp³-hybridized carbons (Fsp3) is 0.667. The molecule has 0 aromatic rings. The SMILES string of the molecule is C/C=C/C(=O)N[C@@H]1CNC[C@H]1NC. The molecule has 1 aliphatic rings. The van der Waals surface area contributed by atoms with Gasteiger partial charge in [-0.1, -0.05) is 6.08 Å². The van der Waals surface area contributed by atoms with Gasteiger partial charge in [0, 0.05) is 19.1 Å². The minimum atomic E-state index is -0.0172. The van der Waals surface area contributed by atoms with E-state index in [4.69, 9.17) is 0 Å². The summed E-state index contributed by atoms with van der Waals surface area (Å²) in [6.45, 7) is 3.59. The maximum Gasteiger partial charge on any atom is 0.243 e. The van der Waals surface area contributed by atoms with Gasteiger partial charge in [0.15, 0.2) is 0 Å². The first kappa shape index (κ1) is 10.2. The first-order chi connectivity index (χ1) is 6.27. The van der Waals surface area contributed by atoms with Gasteiger partial charge in [0.1, 0.15) is 0 Å². The Kier molecular flexibility index (Phi) is 3.92. The molecule has 0 unspecified atom stereocenters. The van der Waals surface area contributed by atoms with Crippen molar-refractivity contribution in [3.8, 4) is 0 Å². The molecule has 2 atom stereocenters. The van der Waals surface area contributed by atoms with Crippen LogP contribution in [0.1, 0.15) is 6.92 Å². The summed E-state index contributed by atoms with van der Waals surface area (Å²) in [5.41, 5.74) is 0. The second kappa shape index (κ2) is 4.99. The molecule has 74 valence electrons. The molecule has 1 heterocycles. The Morgan fingerprint density at radius 1 is 1.46 bits per heavy atom. The minimum Gasteiger partial charge on any atom is -0.347 e. The van der Waals surface area contributed by atoms with Crippen molar-refractivity contribution in [3.05, 3.63) is 12.2 Å². The first-order valence-electron chi connectivity index (χ1n) is 4.59. The van der Waals surface area contributed by atoms with Gasteiger partial charge in [-0.15, -0.1) is 0 Å². The number of allylic oxidation sites excluding steroid dienone is 1. The van der Waals surface area contributed by atoms with Crippen molar-refractivity contribution in [2.45, 2.75) is 19.0 Å². The maximum atomic E-state index is 11.2. The van der Waals surface area contributed by atoms with E-state index in [1.54, 1.807) is 12.2 Å².